The van der Waals surface area contributed by atoms with Gasteiger partial charge in [-0.1, -0.05) is 18.2 Å². The zero-order valence-corrected chi connectivity index (χ0v) is 23.6. The number of aryl methyl sites for hydroxylation is 2. The van der Waals surface area contributed by atoms with Crippen LogP contribution in [0.3, 0.4) is 0 Å². The summed E-state index contributed by atoms with van der Waals surface area (Å²) in [6, 6.07) is 12.8. The van der Waals surface area contributed by atoms with Gasteiger partial charge in [0.2, 0.25) is 15.9 Å². The zero-order valence-electron chi connectivity index (χ0n) is 22.0. The van der Waals surface area contributed by atoms with Crippen molar-refractivity contribution in [2.24, 2.45) is 0 Å². The Morgan fingerprint density at radius 3 is 2.46 bits per heavy atom. The van der Waals surface area contributed by atoms with E-state index in [1.54, 1.807) is 38.3 Å². The molecule has 0 radical (unpaired) electrons. The van der Waals surface area contributed by atoms with Crippen LogP contribution in [-0.2, 0) is 10.0 Å². The largest absolute Gasteiger partial charge is 0.476 e. The van der Waals surface area contributed by atoms with E-state index in [0.29, 0.717) is 10.6 Å². The van der Waals surface area contributed by atoms with Crippen molar-refractivity contribution < 1.29 is 27.9 Å². The van der Waals surface area contributed by atoms with Gasteiger partial charge in [-0.25, -0.2) is 17.9 Å². The third-order valence-electron chi connectivity index (χ3n) is 5.70. The van der Waals surface area contributed by atoms with Crippen molar-refractivity contribution in [2.45, 2.75) is 45.6 Å². The van der Waals surface area contributed by atoms with Gasteiger partial charge < -0.3 is 15.2 Å². The molecule has 0 fully saturated rings. The molecular formula is C27H28N4O6S2. The molecule has 10 nitrogen and oxygen atoms in total. The van der Waals surface area contributed by atoms with Gasteiger partial charge in [-0.2, -0.15) is 9.78 Å². The molecule has 2 aromatic heterocycles. The average Bonchev–Trinajstić information content (AvgIpc) is 3.50. The highest BCUT2D eigenvalue weighted by molar-refractivity contribution is 7.89. The number of carboxylic acid groups (broad SMARTS) is 1. The molecule has 0 aliphatic rings. The quantitative estimate of drug-likeness (QED) is 0.249. The van der Waals surface area contributed by atoms with Crippen LogP contribution in [0.5, 0.6) is 11.6 Å². The number of carbonyl (C=O) groups excluding carboxylic acids is 1. The predicted molar refractivity (Wildman–Crippen MR) is 149 cm³/mol. The predicted octanol–water partition coefficient (Wildman–Crippen LogP) is 5.29. The summed E-state index contributed by atoms with van der Waals surface area (Å²) in [6.07, 6.45) is 0. The van der Waals surface area contributed by atoms with Crippen molar-refractivity contribution in [1.82, 2.24) is 14.5 Å². The Hall–Kier alpha value is -4.00. The van der Waals surface area contributed by atoms with Crippen LogP contribution in [0, 0.1) is 20.8 Å². The number of ether oxygens (including phenoxy) is 1. The third-order valence-corrected chi connectivity index (χ3v) is 8.25. The van der Waals surface area contributed by atoms with Crippen molar-refractivity contribution in [1.29, 1.82) is 0 Å². The van der Waals surface area contributed by atoms with Gasteiger partial charge in [-0.05, 0) is 81.5 Å². The fraction of sp³-hybridized carbons (Fsp3) is 0.222. The lowest BCUT2D eigenvalue weighted by molar-refractivity contribution is 0.0689. The SMILES string of the molecule is Cc1ccc(C)c(-n2nc(C(=O)O)c(C)c2Oc2ccc(NC(=O)c3cccs3)cc2S(=O)(=O)NC(C)C)c1. The Morgan fingerprint density at radius 1 is 1.08 bits per heavy atom. The summed E-state index contributed by atoms with van der Waals surface area (Å²) in [5.74, 6) is -1.64. The molecule has 39 heavy (non-hydrogen) atoms. The van der Waals surface area contributed by atoms with E-state index in [-0.39, 0.29) is 39.4 Å². The molecule has 204 valence electrons. The average molecular weight is 569 g/mol. The molecule has 0 aliphatic carbocycles. The van der Waals surface area contributed by atoms with Gasteiger partial charge in [0.1, 0.15) is 10.6 Å². The smallest absolute Gasteiger partial charge is 0.356 e. The second-order valence-corrected chi connectivity index (χ2v) is 11.9. The van der Waals surface area contributed by atoms with Crippen molar-refractivity contribution in [2.75, 3.05) is 5.32 Å². The van der Waals surface area contributed by atoms with Gasteiger partial charge in [-0.3, -0.25) is 4.79 Å². The van der Waals surface area contributed by atoms with Crippen LogP contribution >= 0.6 is 11.3 Å². The van der Waals surface area contributed by atoms with Crippen molar-refractivity contribution in [3.8, 4) is 17.3 Å². The van der Waals surface area contributed by atoms with E-state index in [0.717, 1.165) is 11.1 Å². The molecule has 2 aromatic carbocycles. The van der Waals surface area contributed by atoms with E-state index in [4.69, 9.17) is 4.74 Å². The lowest BCUT2D eigenvalue weighted by Crippen LogP contribution is -2.30. The van der Waals surface area contributed by atoms with Gasteiger partial charge in [0.15, 0.2) is 5.69 Å². The highest BCUT2D eigenvalue weighted by Gasteiger charge is 2.27. The van der Waals surface area contributed by atoms with Crippen molar-refractivity contribution in [3.63, 3.8) is 0 Å². The van der Waals surface area contributed by atoms with Crippen LogP contribution in [0.25, 0.3) is 5.69 Å². The first-order chi connectivity index (χ1) is 18.4. The molecule has 12 heteroatoms. The van der Waals surface area contributed by atoms with E-state index >= 15 is 0 Å². The van der Waals surface area contributed by atoms with Crippen molar-refractivity contribution in [3.05, 3.63) is 81.2 Å². The molecule has 3 N–H and O–H groups in total. The van der Waals surface area contributed by atoms with Crippen LogP contribution in [-0.4, -0.2) is 41.2 Å². The maximum absolute atomic E-state index is 13.4. The van der Waals surface area contributed by atoms with Gasteiger partial charge in [-0.15, -0.1) is 11.3 Å². The summed E-state index contributed by atoms with van der Waals surface area (Å²) in [5, 5.41) is 18.5. The maximum atomic E-state index is 13.4. The molecule has 0 aliphatic heterocycles. The first-order valence-electron chi connectivity index (χ1n) is 12.0. The standard InChI is InChI=1S/C27H28N4O6S2/c1-15(2)30-39(35,36)23-14-19(28-25(32)22-7-6-12-38-22)10-11-21(23)37-26-18(5)24(27(33)34)29-31(26)20-13-16(3)8-9-17(20)4/h6-15,30H,1-5H3,(H,28,32)(H,33,34). The first-order valence-corrected chi connectivity index (χ1v) is 14.3. The number of hydrogen-bond acceptors (Lipinski definition) is 7. The van der Waals surface area contributed by atoms with E-state index in [9.17, 15) is 23.1 Å². The Balaban J connectivity index is 1.85. The van der Waals surface area contributed by atoms with Gasteiger partial charge in [0, 0.05) is 17.3 Å². The van der Waals surface area contributed by atoms with Crippen LogP contribution in [0.1, 0.15) is 50.7 Å². The van der Waals surface area contributed by atoms with Gasteiger partial charge in [0.25, 0.3) is 5.91 Å². The minimum atomic E-state index is -4.11. The number of thiophene rings is 1. The van der Waals surface area contributed by atoms with E-state index in [1.807, 2.05) is 32.0 Å². The number of rotatable bonds is 9. The van der Waals surface area contributed by atoms with Crippen LogP contribution in [0.15, 0.2) is 58.8 Å². The number of amides is 1. The zero-order chi connectivity index (χ0) is 28.5. The Morgan fingerprint density at radius 2 is 1.82 bits per heavy atom. The number of nitrogens with zero attached hydrogens (tertiary/aromatic N) is 2. The molecule has 0 spiro atoms. The number of benzene rings is 2. The molecule has 0 saturated carbocycles. The minimum Gasteiger partial charge on any atom is -0.476 e. The summed E-state index contributed by atoms with van der Waals surface area (Å²) in [4.78, 5) is 24.8. The Bertz CT molecular complexity index is 1660. The number of carbonyl (C=O) groups is 2. The fourth-order valence-corrected chi connectivity index (χ4v) is 5.90. The molecule has 4 rings (SSSR count). The second-order valence-electron chi connectivity index (χ2n) is 9.26. The maximum Gasteiger partial charge on any atom is 0.356 e. The molecule has 4 aromatic rings. The van der Waals surface area contributed by atoms with Crippen LogP contribution in [0.2, 0.25) is 0 Å². The molecule has 0 unspecified atom stereocenters. The summed E-state index contributed by atoms with van der Waals surface area (Å²) in [7, 11) is -4.11. The fourth-order valence-electron chi connectivity index (χ4n) is 3.87. The summed E-state index contributed by atoms with van der Waals surface area (Å²) < 4.78 is 36.8. The van der Waals surface area contributed by atoms with Crippen LogP contribution < -0.4 is 14.8 Å². The molecule has 1 amide bonds. The van der Waals surface area contributed by atoms with E-state index < -0.39 is 22.0 Å². The monoisotopic (exact) mass is 568 g/mol. The van der Waals surface area contributed by atoms with Crippen LogP contribution in [0.4, 0.5) is 5.69 Å². The van der Waals surface area contributed by atoms with Gasteiger partial charge >= 0.3 is 5.97 Å². The van der Waals surface area contributed by atoms with Gasteiger partial charge in [0.05, 0.1) is 10.6 Å². The summed E-state index contributed by atoms with van der Waals surface area (Å²) >= 11 is 1.26. The molecular weight excluding hydrogens is 540 g/mol. The van der Waals surface area contributed by atoms with Crippen molar-refractivity contribution >= 4 is 38.9 Å². The highest BCUT2D eigenvalue weighted by atomic mass is 32.2. The minimum absolute atomic E-state index is 0.0532. The first kappa shape index (κ1) is 28.0. The molecule has 0 atom stereocenters. The molecule has 0 saturated heterocycles. The highest BCUT2D eigenvalue weighted by Crippen LogP contribution is 2.36. The number of aromatic nitrogens is 2. The van der Waals surface area contributed by atoms with E-state index in [2.05, 4.69) is 15.1 Å². The Labute approximate surface area is 230 Å². The summed E-state index contributed by atoms with van der Waals surface area (Å²) in [5.41, 5.74) is 2.56. The Kier molecular flexibility index (Phi) is 7.91. The number of sulfonamides is 1. The third kappa shape index (κ3) is 6.03. The number of nitrogens with one attached hydrogen (secondary N) is 2. The number of hydrogen-bond donors (Lipinski definition) is 3. The molecule has 0 bridgehead atoms. The molecule has 2 heterocycles. The topological polar surface area (TPSA) is 140 Å². The number of anilines is 1. The number of carboxylic acids is 1. The lowest BCUT2D eigenvalue weighted by Gasteiger charge is -2.17. The normalized spacial score (nSPS) is 11.5. The van der Waals surface area contributed by atoms with E-state index in [1.165, 1.54) is 34.2 Å². The summed E-state index contributed by atoms with van der Waals surface area (Å²) in [6.45, 7) is 8.65. The second kappa shape index (κ2) is 11.0. The number of aromatic carboxylic acids is 1. The lowest BCUT2D eigenvalue weighted by atomic mass is 10.1.